The van der Waals surface area contributed by atoms with E-state index in [-0.39, 0.29) is 12.5 Å². The summed E-state index contributed by atoms with van der Waals surface area (Å²) in [7, 11) is 0. The number of aromatic nitrogens is 3. The summed E-state index contributed by atoms with van der Waals surface area (Å²) in [6.45, 7) is 0.114. The first-order valence-electron chi connectivity index (χ1n) is 6.17. The molecular formula is C13H16N4O2. The first-order chi connectivity index (χ1) is 9.31. The molecule has 1 amide bonds. The Labute approximate surface area is 111 Å². The summed E-state index contributed by atoms with van der Waals surface area (Å²) >= 11 is 0. The number of nitrogens with one attached hydrogen (secondary N) is 1. The van der Waals surface area contributed by atoms with Crippen molar-refractivity contribution in [2.24, 2.45) is 0 Å². The van der Waals surface area contributed by atoms with Crippen molar-refractivity contribution in [2.75, 3.05) is 11.9 Å². The predicted molar refractivity (Wildman–Crippen MR) is 70.9 cm³/mol. The highest BCUT2D eigenvalue weighted by atomic mass is 16.3. The maximum Gasteiger partial charge on any atom is 0.224 e. The van der Waals surface area contributed by atoms with Crippen molar-refractivity contribution in [1.29, 1.82) is 0 Å². The summed E-state index contributed by atoms with van der Waals surface area (Å²) in [5.74, 6) is -0.0685. The largest absolute Gasteiger partial charge is 0.396 e. The number of carbonyl (C=O) groups is 1. The Balaban J connectivity index is 2.06. The van der Waals surface area contributed by atoms with E-state index in [1.165, 1.54) is 0 Å². The lowest BCUT2D eigenvalue weighted by atomic mass is 10.2. The monoisotopic (exact) mass is 260 g/mol. The van der Waals surface area contributed by atoms with Gasteiger partial charge in [-0.25, -0.2) is 4.68 Å². The normalized spacial score (nSPS) is 10.4. The molecular weight excluding hydrogens is 244 g/mol. The Morgan fingerprint density at radius 1 is 1.32 bits per heavy atom. The molecule has 0 spiro atoms. The molecule has 2 aromatic rings. The minimum Gasteiger partial charge on any atom is -0.396 e. The number of aliphatic hydroxyl groups excluding tert-OH is 1. The van der Waals surface area contributed by atoms with Crippen molar-refractivity contribution in [3.05, 3.63) is 36.7 Å². The Hall–Kier alpha value is -2.21. The molecule has 6 nitrogen and oxygen atoms in total. The van der Waals surface area contributed by atoms with E-state index >= 15 is 0 Å². The molecule has 0 aliphatic carbocycles. The summed E-state index contributed by atoms with van der Waals surface area (Å²) in [5, 5.41) is 19.2. The number of nitrogens with zero attached hydrogens (tertiary/aromatic N) is 3. The Morgan fingerprint density at radius 2 is 2.16 bits per heavy atom. The molecule has 0 saturated heterocycles. The first-order valence-corrected chi connectivity index (χ1v) is 6.17. The van der Waals surface area contributed by atoms with Gasteiger partial charge in [0, 0.05) is 13.0 Å². The fourth-order valence-corrected chi connectivity index (χ4v) is 1.73. The number of para-hydroxylation sites is 2. The van der Waals surface area contributed by atoms with Crippen LogP contribution in [0.4, 0.5) is 5.69 Å². The van der Waals surface area contributed by atoms with E-state index in [4.69, 9.17) is 5.11 Å². The summed E-state index contributed by atoms with van der Waals surface area (Å²) in [6, 6.07) is 7.40. The molecule has 0 atom stereocenters. The van der Waals surface area contributed by atoms with Crippen molar-refractivity contribution in [2.45, 2.75) is 19.3 Å². The quantitative estimate of drug-likeness (QED) is 0.769. The minimum atomic E-state index is -0.0685. The lowest BCUT2D eigenvalue weighted by Gasteiger charge is -2.10. The van der Waals surface area contributed by atoms with Gasteiger partial charge in [0.1, 0.15) is 0 Å². The van der Waals surface area contributed by atoms with Gasteiger partial charge in [-0.3, -0.25) is 4.79 Å². The summed E-state index contributed by atoms with van der Waals surface area (Å²) in [6.07, 6.45) is 5.01. The third-order valence-electron chi connectivity index (χ3n) is 2.66. The summed E-state index contributed by atoms with van der Waals surface area (Å²) in [5.41, 5.74) is 1.47. The molecule has 0 aliphatic heterocycles. The van der Waals surface area contributed by atoms with Crippen LogP contribution in [0.1, 0.15) is 19.3 Å². The highest BCUT2D eigenvalue weighted by Gasteiger charge is 2.08. The second-order valence-corrected chi connectivity index (χ2v) is 4.09. The predicted octanol–water partition coefficient (Wildman–Crippen LogP) is 1.37. The number of hydrogen-bond donors (Lipinski definition) is 2. The first kappa shape index (κ1) is 13.2. The van der Waals surface area contributed by atoms with E-state index in [9.17, 15) is 4.79 Å². The fourth-order valence-electron chi connectivity index (χ4n) is 1.73. The molecule has 0 fully saturated rings. The minimum absolute atomic E-state index is 0.0685. The van der Waals surface area contributed by atoms with Crippen LogP contribution in [0.3, 0.4) is 0 Å². The zero-order chi connectivity index (χ0) is 13.5. The van der Waals surface area contributed by atoms with Gasteiger partial charge in [-0.15, -0.1) is 5.10 Å². The Kier molecular flexibility index (Phi) is 4.63. The number of amides is 1. The zero-order valence-corrected chi connectivity index (χ0v) is 10.5. The smallest absolute Gasteiger partial charge is 0.224 e. The molecule has 0 radical (unpaired) electrons. The zero-order valence-electron chi connectivity index (χ0n) is 10.5. The lowest BCUT2D eigenvalue weighted by Crippen LogP contribution is -2.13. The lowest BCUT2D eigenvalue weighted by molar-refractivity contribution is -0.116. The van der Waals surface area contributed by atoms with E-state index in [1.807, 2.05) is 24.3 Å². The van der Waals surface area contributed by atoms with Crippen LogP contribution in [0.2, 0.25) is 0 Å². The number of aliphatic hydroxyl groups is 1. The number of benzene rings is 1. The summed E-state index contributed by atoms with van der Waals surface area (Å²) in [4.78, 5) is 11.8. The second-order valence-electron chi connectivity index (χ2n) is 4.09. The van der Waals surface area contributed by atoms with Gasteiger partial charge < -0.3 is 10.4 Å². The van der Waals surface area contributed by atoms with Crippen LogP contribution in [0, 0.1) is 0 Å². The number of carbonyl (C=O) groups excluding carboxylic acids is 1. The van der Waals surface area contributed by atoms with Gasteiger partial charge in [-0.1, -0.05) is 17.3 Å². The van der Waals surface area contributed by atoms with Crippen LogP contribution in [-0.4, -0.2) is 32.6 Å². The van der Waals surface area contributed by atoms with Crippen molar-refractivity contribution < 1.29 is 9.90 Å². The molecule has 1 aromatic heterocycles. The molecule has 0 aliphatic rings. The van der Waals surface area contributed by atoms with Gasteiger partial charge in [-0.05, 0) is 25.0 Å². The van der Waals surface area contributed by atoms with Crippen LogP contribution >= 0.6 is 0 Å². The van der Waals surface area contributed by atoms with E-state index in [2.05, 4.69) is 15.6 Å². The van der Waals surface area contributed by atoms with Gasteiger partial charge in [-0.2, -0.15) is 0 Å². The van der Waals surface area contributed by atoms with Gasteiger partial charge in [0.15, 0.2) is 0 Å². The van der Waals surface area contributed by atoms with E-state index in [1.54, 1.807) is 17.1 Å². The molecule has 100 valence electrons. The van der Waals surface area contributed by atoms with E-state index in [0.29, 0.717) is 24.9 Å². The highest BCUT2D eigenvalue weighted by Crippen LogP contribution is 2.18. The molecule has 19 heavy (non-hydrogen) atoms. The second kappa shape index (κ2) is 6.65. The maximum absolute atomic E-state index is 11.8. The molecule has 0 saturated carbocycles. The van der Waals surface area contributed by atoms with Crippen molar-refractivity contribution in [1.82, 2.24) is 15.0 Å². The molecule has 1 heterocycles. The van der Waals surface area contributed by atoms with Gasteiger partial charge in [0.05, 0.1) is 23.8 Å². The molecule has 2 rings (SSSR count). The average molecular weight is 260 g/mol. The van der Waals surface area contributed by atoms with Gasteiger partial charge in [0.2, 0.25) is 5.91 Å². The number of anilines is 1. The van der Waals surface area contributed by atoms with Crippen LogP contribution in [0.15, 0.2) is 36.7 Å². The standard InChI is InChI=1S/C13H16N4O2/c18-10-4-3-7-13(19)15-11-5-1-2-6-12(11)17-9-8-14-16-17/h1-2,5-6,8-9,18H,3-4,7,10H2,(H,15,19). The average Bonchev–Trinajstić information content (AvgIpc) is 2.93. The van der Waals surface area contributed by atoms with E-state index in [0.717, 1.165) is 5.69 Å². The fraction of sp³-hybridized carbons (Fsp3) is 0.308. The SMILES string of the molecule is O=C(CCCCO)Nc1ccccc1-n1ccnn1. The third kappa shape index (κ3) is 3.62. The molecule has 0 bridgehead atoms. The van der Waals surface area contributed by atoms with Crippen LogP contribution in [-0.2, 0) is 4.79 Å². The number of hydrogen-bond acceptors (Lipinski definition) is 4. The van der Waals surface area contributed by atoms with Crippen LogP contribution < -0.4 is 5.32 Å². The van der Waals surface area contributed by atoms with Gasteiger partial charge >= 0.3 is 0 Å². The van der Waals surface area contributed by atoms with Crippen molar-refractivity contribution >= 4 is 11.6 Å². The van der Waals surface area contributed by atoms with Crippen molar-refractivity contribution in [3.8, 4) is 5.69 Å². The Bertz CT molecular complexity index is 525. The van der Waals surface area contributed by atoms with E-state index < -0.39 is 0 Å². The molecule has 0 unspecified atom stereocenters. The number of rotatable bonds is 6. The van der Waals surface area contributed by atoms with Crippen LogP contribution in [0.25, 0.3) is 5.69 Å². The molecule has 1 aromatic carbocycles. The molecule has 6 heteroatoms. The highest BCUT2D eigenvalue weighted by molar-refractivity contribution is 5.92. The van der Waals surface area contributed by atoms with Gasteiger partial charge in [0.25, 0.3) is 0 Å². The van der Waals surface area contributed by atoms with Crippen molar-refractivity contribution in [3.63, 3.8) is 0 Å². The topological polar surface area (TPSA) is 80.0 Å². The van der Waals surface area contributed by atoms with Crippen LogP contribution in [0.5, 0.6) is 0 Å². The summed E-state index contributed by atoms with van der Waals surface area (Å²) < 4.78 is 1.60. The molecule has 2 N–H and O–H groups in total. The third-order valence-corrected chi connectivity index (χ3v) is 2.66. The maximum atomic E-state index is 11.8. The Morgan fingerprint density at radius 3 is 2.89 bits per heavy atom. The number of unbranched alkanes of at least 4 members (excludes halogenated alkanes) is 1.